The van der Waals surface area contributed by atoms with Crippen LogP contribution < -0.4 is 10.6 Å². The molecule has 1 aromatic rings. The first-order chi connectivity index (χ1) is 12.6. The molecule has 2 N–H and O–H groups in total. The lowest BCUT2D eigenvalue weighted by molar-refractivity contribution is -0.130. The van der Waals surface area contributed by atoms with E-state index in [2.05, 4.69) is 10.6 Å². The molecule has 6 nitrogen and oxygen atoms in total. The standard InChI is InChI=1S/C20H27N3O3/c24-18-8-2-1-3-12-23(18)13-5-11-21-19(25)16-6-4-7-17(14-16)22-20(26)15-9-10-15/h4,6-7,14-15H,1-3,5,8-13H2,(H,21,25)(H,22,26). The van der Waals surface area contributed by atoms with Crippen molar-refractivity contribution in [3.63, 3.8) is 0 Å². The van der Waals surface area contributed by atoms with Crippen molar-refractivity contribution >= 4 is 23.4 Å². The predicted molar refractivity (Wildman–Crippen MR) is 99.8 cm³/mol. The highest BCUT2D eigenvalue weighted by Crippen LogP contribution is 2.30. The minimum absolute atomic E-state index is 0.0321. The molecule has 1 heterocycles. The van der Waals surface area contributed by atoms with Crippen molar-refractivity contribution < 1.29 is 14.4 Å². The third-order valence-corrected chi connectivity index (χ3v) is 4.90. The number of nitrogens with one attached hydrogen (secondary N) is 2. The maximum absolute atomic E-state index is 12.3. The maximum atomic E-state index is 12.3. The summed E-state index contributed by atoms with van der Waals surface area (Å²) in [6.45, 7) is 2.05. The van der Waals surface area contributed by atoms with E-state index in [1.807, 2.05) is 4.90 Å². The summed E-state index contributed by atoms with van der Waals surface area (Å²) in [6.07, 6.45) is 6.46. The Labute approximate surface area is 154 Å². The molecule has 3 amide bonds. The number of hydrogen-bond donors (Lipinski definition) is 2. The van der Waals surface area contributed by atoms with Gasteiger partial charge in [-0.05, 0) is 50.3 Å². The van der Waals surface area contributed by atoms with Crippen LogP contribution in [0.3, 0.4) is 0 Å². The molecule has 0 aromatic heterocycles. The molecular weight excluding hydrogens is 330 g/mol. The van der Waals surface area contributed by atoms with Gasteiger partial charge in [0.15, 0.2) is 0 Å². The van der Waals surface area contributed by atoms with Gasteiger partial charge in [0.05, 0.1) is 0 Å². The van der Waals surface area contributed by atoms with E-state index >= 15 is 0 Å². The molecule has 1 aliphatic heterocycles. The van der Waals surface area contributed by atoms with Crippen LogP contribution in [-0.2, 0) is 9.59 Å². The van der Waals surface area contributed by atoms with E-state index < -0.39 is 0 Å². The topological polar surface area (TPSA) is 78.5 Å². The Morgan fingerprint density at radius 2 is 2.00 bits per heavy atom. The van der Waals surface area contributed by atoms with E-state index in [0.29, 0.717) is 30.8 Å². The van der Waals surface area contributed by atoms with Gasteiger partial charge in [-0.2, -0.15) is 0 Å². The maximum Gasteiger partial charge on any atom is 0.251 e. The molecule has 0 spiro atoms. The average Bonchev–Trinajstić information content (AvgIpc) is 3.48. The van der Waals surface area contributed by atoms with Crippen LogP contribution in [0, 0.1) is 5.92 Å². The lowest BCUT2D eigenvalue weighted by atomic mass is 10.2. The van der Waals surface area contributed by atoms with Crippen LogP contribution in [0.2, 0.25) is 0 Å². The summed E-state index contributed by atoms with van der Waals surface area (Å²) in [4.78, 5) is 38.0. The minimum Gasteiger partial charge on any atom is -0.352 e. The van der Waals surface area contributed by atoms with Crippen molar-refractivity contribution in [1.29, 1.82) is 0 Å². The van der Waals surface area contributed by atoms with Crippen LogP contribution in [0.15, 0.2) is 24.3 Å². The Hall–Kier alpha value is -2.37. The number of rotatable bonds is 7. The second-order valence-electron chi connectivity index (χ2n) is 7.15. The SMILES string of the molecule is O=C(NCCCN1CCCCCC1=O)c1cccc(NC(=O)C2CC2)c1. The van der Waals surface area contributed by atoms with E-state index in [1.54, 1.807) is 24.3 Å². The summed E-state index contributed by atoms with van der Waals surface area (Å²) in [6, 6.07) is 7.00. The molecule has 1 saturated heterocycles. The Balaban J connectivity index is 1.42. The fourth-order valence-electron chi connectivity index (χ4n) is 3.18. The number of carbonyl (C=O) groups excluding carboxylic acids is 3. The molecule has 1 aliphatic carbocycles. The average molecular weight is 357 g/mol. The molecule has 26 heavy (non-hydrogen) atoms. The first-order valence-corrected chi connectivity index (χ1v) is 9.60. The first kappa shape index (κ1) is 18.4. The van der Waals surface area contributed by atoms with Crippen molar-refractivity contribution in [2.75, 3.05) is 25.0 Å². The van der Waals surface area contributed by atoms with E-state index in [9.17, 15) is 14.4 Å². The fraction of sp³-hybridized carbons (Fsp3) is 0.550. The molecule has 1 aromatic carbocycles. The van der Waals surface area contributed by atoms with E-state index in [-0.39, 0.29) is 23.6 Å². The molecule has 140 valence electrons. The third-order valence-electron chi connectivity index (χ3n) is 4.90. The molecule has 2 fully saturated rings. The fourth-order valence-corrected chi connectivity index (χ4v) is 3.18. The van der Waals surface area contributed by atoms with Crippen molar-refractivity contribution in [2.45, 2.75) is 44.9 Å². The summed E-state index contributed by atoms with van der Waals surface area (Å²) < 4.78 is 0. The zero-order valence-electron chi connectivity index (χ0n) is 15.1. The van der Waals surface area contributed by atoms with Crippen molar-refractivity contribution in [2.24, 2.45) is 5.92 Å². The van der Waals surface area contributed by atoms with E-state index in [4.69, 9.17) is 0 Å². The van der Waals surface area contributed by atoms with Gasteiger partial charge in [-0.25, -0.2) is 0 Å². The molecule has 0 atom stereocenters. The summed E-state index contributed by atoms with van der Waals surface area (Å²) >= 11 is 0. The largest absolute Gasteiger partial charge is 0.352 e. The first-order valence-electron chi connectivity index (χ1n) is 9.60. The van der Waals surface area contributed by atoms with E-state index in [0.717, 1.165) is 45.1 Å². The van der Waals surface area contributed by atoms with Gasteiger partial charge in [0, 0.05) is 43.2 Å². The number of benzene rings is 1. The Morgan fingerprint density at radius 3 is 2.81 bits per heavy atom. The summed E-state index contributed by atoms with van der Waals surface area (Å²) in [5, 5.41) is 5.75. The predicted octanol–water partition coefficient (Wildman–Crippen LogP) is 2.56. The Kier molecular flexibility index (Phi) is 6.26. The lowest BCUT2D eigenvalue weighted by Gasteiger charge is -2.20. The molecule has 6 heteroatoms. The normalized spacial score (nSPS) is 17.5. The van der Waals surface area contributed by atoms with Gasteiger partial charge < -0.3 is 15.5 Å². The second-order valence-corrected chi connectivity index (χ2v) is 7.15. The molecule has 0 radical (unpaired) electrons. The number of amides is 3. The zero-order chi connectivity index (χ0) is 18.4. The van der Waals surface area contributed by atoms with Gasteiger partial charge in [-0.3, -0.25) is 14.4 Å². The smallest absolute Gasteiger partial charge is 0.251 e. The van der Waals surface area contributed by atoms with Gasteiger partial charge in [-0.15, -0.1) is 0 Å². The number of anilines is 1. The zero-order valence-corrected chi connectivity index (χ0v) is 15.1. The second kappa shape index (κ2) is 8.83. The van der Waals surface area contributed by atoms with Crippen molar-refractivity contribution in [3.05, 3.63) is 29.8 Å². The van der Waals surface area contributed by atoms with Crippen LogP contribution in [0.5, 0.6) is 0 Å². The van der Waals surface area contributed by atoms with Crippen LogP contribution in [0.4, 0.5) is 5.69 Å². The van der Waals surface area contributed by atoms with Crippen LogP contribution in [-0.4, -0.2) is 42.3 Å². The van der Waals surface area contributed by atoms with Gasteiger partial charge in [-0.1, -0.05) is 12.5 Å². The quantitative estimate of drug-likeness (QED) is 0.736. The lowest BCUT2D eigenvalue weighted by Crippen LogP contribution is -2.34. The minimum atomic E-state index is -0.158. The molecule has 2 aliphatic rings. The summed E-state index contributed by atoms with van der Waals surface area (Å²) in [5.74, 6) is 0.238. The molecular formula is C20H27N3O3. The third kappa shape index (κ3) is 5.31. The van der Waals surface area contributed by atoms with E-state index in [1.165, 1.54) is 0 Å². The molecule has 0 bridgehead atoms. The number of carbonyl (C=O) groups is 3. The van der Waals surface area contributed by atoms with Gasteiger partial charge in [0.2, 0.25) is 11.8 Å². The van der Waals surface area contributed by atoms with Crippen LogP contribution in [0.1, 0.15) is 55.3 Å². The molecule has 0 unspecified atom stereocenters. The highest BCUT2D eigenvalue weighted by molar-refractivity contribution is 5.98. The Morgan fingerprint density at radius 1 is 1.15 bits per heavy atom. The number of nitrogens with zero attached hydrogens (tertiary/aromatic N) is 1. The monoisotopic (exact) mass is 357 g/mol. The summed E-state index contributed by atoms with van der Waals surface area (Å²) in [7, 11) is 0. The molecule has 3 rings (SSSR count). The number of likely N-dealkylation sites (tertiary alicyclic amines) is 1. The van der Waals surface area contributed by atoms with Gasteiger partial charge >= 0.3 is 0 Å². The van der Waals surface area contributed by atoms with Gasteiger partial charge in [0.25, 0.3) is 5.91 Å². The van der Waals surface area contributed by atoms with Gasteiger partial charge in [0.1, 0.15) is 0 Å². The van der Waals surface area contributed by atoms with Crippen molar-refractivity contribution in [3.8, 4) is 0 Å². The van der Waals surface area contributed by atoms with Crippen LogP contribution >= 0.6 is 0 Å². The van der Waals surface area contributed by atoms with Crippen LogP contribution in [0.25, 0.3) is 0 Å². The van der Waals surface area contributed by atoms with Crippen molar-refractivity contribution in [1.82, 2.24) is 10.2 Å². The summed E-state index contributed by atoms with van der Waals surface area (Å²) in [5.41, 5.74) is 1.19. The Bertz CT molecular complexity index is 670. The number of hydrogen-bond acceptors (Lipinski definition) is 3. The molecule has 1 saturated carbocycles. The highest BCUT2D eigenvalue weighted by Gasteiger charge is 2.29. The highest BCUT2D eigenvalue weighted by atomic mass is 16.2.